The lowest BCUT2D eigenvalue weighted by molar-refractivity contribution is -0.402. The quantitative estimate of drug-likeness (QED) is 0.649. The topological polar surface area (TPSA) is 106 Å². The minimum absolute atomic E-state index is 0.175. The lowest BCUT2D eigenvalue weighted by Gasteiger charge is -2.24. The second-order valence-electron chi connectivity index (χ2n) is 4.86. The Labute approximate surface area is 124 Å². The predicted molar refractivity (Wildman–Crippen MR) is 73.7 cm³/mol. The zero-order chi connectivity index (χ0) is 16.3. The third-order valence-electron chi connectivity index (χ3n) is 3.05. The van der Waals surface area contributed by atoms with Gasteiger partial charge >= 0.3 is 5.88 Å². The largest absolute Gasteiger partial charge is 0.433 e. The standard InChI is InChI=1S/C14H13FN2O5/c1-14(19,9-2-4-10(15)5-3-9)8-16-13(18)11-6-7-12(22-11)17(20)21/h2-7,19H,8H2,1H3,(H,16,18). The van der Waals surface area contributed by atoms with Crippen LogP contribution in [0.15, 0.2) is 40.8 Å². The van der Waals surface area contributed by atoms with E-state index >= 15 is 0 Å². The van der Waals surface area contributed by atoms with Gasteiger partial charge in [-0.15, -0.1) is 0 Å². The molecule has 1 atom stereocenters. The Morgan fingerprint density at radius 1 is 1.36 bits per heavy atom. The number of furan rings is 1. The van der Waals surface area contributed by atoms with E-state index < -0.39 is 28.1 Å². The molecule has 8 heteroatoms. The van der Waals surface area contributed by atoms with Crippen molar-refractivity contribution < 1.29 is 23.6 Å². The van der Waals surface area contributed by atoms with E-state index in [1.807, 2.05) is 0 Å². The summed E-state index contributed by atoms with van der Waals surface area (Å²) in [5.41, 5.74) is -1.01. The SMILES string of the molecule is CC(O)(CNC(=O)c1ccc([N+](=O)[O-])o1)c1ccc(F)cc1. The number of hydrogen-bond donors (Lipinski definition) is 2. The molecule has 1 aromatic heterocycles. The number of carbonyl (C=O) groups is 1. The monoisotopic (exact) mass is 308 g/mol. The molecule has 0 saturated carbocycles. The summed E-state index contributed by atoms with van der Waals surface area (Å²) < 4.78 is 17.6. The number of halogens is 1. The Morgan fingerprint density at radius 2 is 2.00 bits per heavy atom. The van der Waals surface area contributed by atoms with E-state index in [1.54, 1.807) is 0 Å². The van der Waals surface area contributed by atoms with Crippen LogP contribution in [0, 0.1) is 15.9 Å². The molecule has 0 aliphatic heterocycles. The summed E-state index contributed by atoms with van der Waals surface area (Å²) in [6, 6.07) is 7.43. The normalized spacial score (nSPS) is 13.4. The molecule has 0 fully saturated rings. The van der Waals surface area contributed by atoms with Gasteiger partial charge < -0.3 is 14.8 Å². The Morgan fingerprint density at radius 3 is 2.55 bits per heavy atom. The highest BCUT2D eigenvalue weighted by molar-refractivity contribution is 5.91. The van der Waals surface area contributed by atoms with Gasteiger partial charge in [0.1, 0.15) is 16.3 Å². The molecule has 0 radical (unpaired) electrons. The molecule has 0 spiro atoms. The van der Waals surface area contributed by atoms with Crippen LogP contribution in [-0.2, 0) is 5.60 Å². The fourth-order valence-corrected chi connectivity index (χ4v) is 1.80. The molecule has 22 heavy (non-hydrogen) atoms. The van der Waals surface area contributed by atoms with Gasteiger partial charge in [0.05, 0.1) is 12.6 Å². The van der Waals surface area contributed by atoms with Crippen molar-refractivity contribution in [3.05, 3.63) is 63.7 Å². The Bertz CT molecular complexity index is 694. The molecule has 1 unspecified atom stereocenters. The maximum atomic E-state index is 12.9. The van der Waals surface area contributed by atoms with Gasteiger partial charge in [0, 0.05) is 0 Å². The van der Waals surface area contributed by atoms with Crippen LogP contribution < -0.4 is 5.32 Å². The summed E-state index contributed by atoms with van der Waals surface area (Å²) >= 11 is 0. The number of benzene rings is 1. The van der Waals surface area contributed by atoms with Gasteiger partial charge in [-0.25, -0.2) is 4.39 Å². The molecule has 2 aromatic rings. The van der Waals surface area contributed by atoms with E-state index in [2.05, 4.69) is 5.32 Å². The predicted octanol–water partition coefficient (Wildman–Crippen LogP) is 1.96. The Balaban J connectivity index is 2.02. The first-order valence-electron chi connectivity index (χ1n) is 6.30. The van der Waals surface area contributed by atoms with E-state index in [-0.39, 0.29) is 12.3 Å². The van der Waals surface area contributed by atoms with Crippen molar-refractivity contribution >= 4 is 11.8 Å². The van der Waals surface area contributed by atoms with E-state index in [1.165, 1.54) is 37.3 Å². The molecule has 1 heterocycles. The van der Waals surface area contributed by atoms with E-state index in [4.69, 9.17) is 4.42 Å². The van der Waals surface area contributed by atoms with Gasteiger partial charge in [-0.3, -0.25) is 14.9 Å². The van der Waals surface area contributed by atoms with E-state index in [0.717, 1.165) is 6.07 Å². The number of rotatable bonds is 5. The van der Waals surface area contributed by atoms with Gasteiger partial charge in [-0.05, 0) is 30.7 Å². The number of hydrogen-bond acceptors (Lipinski definition) is 5. The molecular weight excluding hydrogens is 295 g/mol. The molecule has 0 saturated heterocycles. The maximum Gasteiger partial charge on any atom is 0.433 e. The molecule has 0 bridgehead atoms. The lowest BCUT2D eigenvalue weighted by atomic mass is 9.96. The van der Waals surface area contributed by atoms with E-state index in [0.29, 0.717) is 5.56 Å². The summed E-state index contributed by atoms with van der Waals surface area (Å²) in [6.45, 7) is 1.27. The first kappa shape index (κ1) is 15.6. The third-order valence-corrected chi connectivity index (χ3v) is 3.05. The average Bonchev–Trinajstić information content (AvgIpc) is 2.95. The Kier molecular flexibility index (Phi) is 4.22. The summed E-state index contributed by atoms with van der Waals surface area (Å²) in [4.78, 5) is 21.5. The van der Waals surface area contributed by atoms with Crippen molar-refractivity contribution in [3.8, 4) is 0 Å². The minimum atomic E-state index is -1.43. The molecule has 7 nitrogen and oxygen atoms in total. The van der Waals surface area contributed by atoms with Crippen molar-refractivity contribution in [1.29, 1.82) is 0 Å². The lowest BCUT2D eigenvalue weighted by Crippen LogP contribution is -2.38. The first-order valence-corrected chi connectivity index (χ1v) is 6.30. The van der Waals surface area contributed by atoms with Crippen LogP contribution in [0.4, 0.5) is 10.3 Å². The molecule has 2 rings (SSSR count). The van der Waals surface area contributed by atoms with Crippen molar-refractivity contribution in [1.82, 2.24) is 5.32 Å². The molecule has 2 N–H and O–H groups in total. The minimum Gasteiger partial charge on any atom is -0.395 e. The second-order valence-corrected chi connectivity index (χ2v) is 4.86. The third kappa shape index (κ3) is 3.47. The number of nitrogens with zero attached hydrogens (tertiary/aromatic N) is 1. The summed E-state index contributed by atoms with van der Waals surface area (Å²) in [5.74, 6) is -1.92. The Hall–Kier alpha value is -2.74. The van der Waals surface area contributed by atoms with Gasteiger partial charge in [0.2, 0.25) is 0 Å². The van der Waals surface area contributed by atoms with Crippen LogP contribution in [0.2, 0.25) is 0 Å². The first-order chi connectivity index (χ1) is 10.3. The van der Waals surface area contributed by atoms with Crippen LogP contribution in [0.5, 0.6) is 0 Å². The summed E-state index contributed by atoms with van der Waals surface area (Å²) in [7, 11) is 0. The number of aliphatic hydroxyl groups is 1. The number of nitrogens with one attached hydrogen (secondary N) is 1. The van der Waals surface area contributed by atoms with Crippen LogP contribution in [0.3, 0.4) is 0 Å². The van der Waals surface area contributed by atoms with E-state index in [9.17, 15) is 24.4 Å². The highest BCUT2D eigenvalue weighted by Gasteiger charge is 2.25. The number of nitro groups is 1. The molecule has 1 aromatic carbocycles. The van der Waals surface area contributed by atoms with Gasteiger partial charge in [0.25, 0.3) is 5.91 Å². The molecule has 0 aliphatic carbocycles. The fraction of sp³-hybridized carbons (Fsp3) is 0.214. The highest BCUT2D eigenvalue weighted by atomic mass is 19.1. The van der Waals surface area contributed by atoms with Crippen molar-refractivity contribution in [2.24, 2.45) is 0 Å². The second kappa shape index (κ2) is 5.94. The highest BCUT2D eigenvalue weighted by Crippen LogP contribution is 2.20. The molecular formula is C14H13FN2O5. The van der Waals surface area contributed by atoms with Gasteiger partial charge in [-0.1, -0.05) is 12.1 Å². The summed E-state index contributed by atoms with van der Waals surface area (Å²) in [6.07, 6.45) is 0. The smallest absolute Gasteiger partial charge is 0.395 e. The van der Waals surface area contributed by atoms with Crippen molar-refractivity contribution in [3.63, 3.8) is 0 Å². The van der Waals surface area contributed by atoms with Crippen LogP contribution in [-0.4, -0.2) is 22.5 Å². The zero-order valence-corrected chi connectivity index (χ0v) is 11.6. The fourth-order valence-electron chi connectivity index (χ4n) is 1.80. The van der Waals surface area contributed by atoms with Crippen LogP contribution in [0.1, 0.15) is 23.0 Å². The zero-order valence-electron chi connectivity index (χ0n) is 11.6. The maximum absolute atomic E-state index is 12.9. The van der Waals surface area contributed by atoms with Crippen LogP contribution in [0.25, 0.3) is 0 Å². The summed E-state index contributed by atoms with van der Waals surface area (Å²) in [5, 5.41) is 23.2. The van der Waals surface area contributed by atoms with Crippen LogP contribution >= 0.6 is 0 Å². The molecule has 1 amide bonds. The number of carbonyl (C=O) groups excluding carboxylic acids is 1. The van der Waals surface area contributed by atoms with Crippen molar-refractivity contribution in [2.45, 2.75) is 12.5 Å². The number of amides is 1. The van der Waals surface area contributed by atoms with Gasteiger partial charge in [-0.2, -0.15) is 0 Å². The van der Waals surface area contributed by atoms with Gasteiger partial charge in [0.15, 0.2) is 5.76 Å². The average molecular weight is 308 g/mol. The molecule has 116 valence electrons. The molecule has 0 aliphatic rings. The van der Waals surface area contributed by atoms with Crippen molar-refractivity contribution in [2.75, 3.05) is 6.54 Å².